The fraction of sp³-hybridized carbons (Fsp3) is 0.881. The zero-order valence-electron chi connectivity index (χ0n) is 45.0. The minimum Gasteiger partial charge on any atom is -0.394 e. The SMILES string of the molecule is CCCCCCCC/C=C/CCCC(O)C(O)C(COC1OC(CO)C(O)C(O)C1O)NC(=O)C(O)CCCCCCCCCCCCCCCCCC/C=C\C/C=C\CCCCCCCCCCC. The summed E-state index contributed by atoms with van der Waals surface area (Å²) in [6.07, 6.45) is 48.0. The Morgan fingerprint density at radius 2 is 0.886 bits per heavy atom. The van der Waals surface area contributed by atoms with E-state index in [0.29, 0.717) is 12.8 Å². The molecule has 0 saturated carbocycles. The van der Waals surface area contributed by atoms with Gasteiger partial charge in [0.15, 0.2) is 6.29 Å². The molecule has 0 bridgehead atoms. The van der Waals surface area contributed by atoms with E-state index in [1.54, 1.807) is 0 Å². The van der Waals surface area contributed by atoms with Gasteiger partial charge in [0.1, 0.15) is 36.6 Å². The number of nitrogens with one attached hydrogen (secondary N) is 1. The number of unbranched alkanes of at least 4 members (excludes halogenated alkanes) is 32. The number of aliphatic hydroxyl groups excluding tert-OH is 7. The van der Waals surface area contributed by atoms with Gasteiger partial charge >= 0.3 is 0 Å². The first-order valence-corrected chi connectivity index (χ1v) is 29.4. The average molecular weight is 995 g/mol. The molecule has 1 fully saturated rings. The zero-order valence-corrected chi connectivity index (χ0v) is 45.0. The van der Waals surface area contributed by atoms with Crippen LogP contribution in [0.1, 0.15) is 264 Å². The van der Waals surface area contributed by atoms with E-state index < -0.39 is 74.2 Å². The molecule has 412 valence electrons. The standard InChI is InChI=1S/C59H111NO10/c1-3-5-7-9-11-13-15-16-17-18-19-20-21-22-23-24-25-26-27-28-29-30-31-32-33-34-35-37-39-41-43-45-47-52(63)58(68)60-50(49-69-59-57(67)56(66)55(65)53(48-61)70-59)54(64)51(62)46-44-42-40-38-36-14-12-10-8-6-4-2/h19-20,22-23,38,40,50-57,59,61-67H,3-18,21,24-37,39,41-49H2,1-2H3,(H,60,68)/b20-19-,23-22-,40-38+. The summed E-state index contributed by atoms with van der Waals surface area (Å²) in [6.45, 7) is 3.42. The first kappa shape index (κ1) is 66.3. The highest BCUT2D eigenvalue weighted by Gasteiger charge is 2.44. The lowest BCUT2D eigenvalue weighted by molar-refractivity contribution is -0.303. The Hall–Kier alpha value is -1.67. The topological polar surface area (TPSA) is 189 Å². The normalized spacial score (nSPS) is 20.5. The van der Waals surface area contributed by atoms with Crippen LogP contribution in [0.25, 0.3) is 0 Å². The van der Waals surface area contributed by atoms with Crippen LogP contribution < -0.4 is 5.32 Å². The van der Waals surface area contributed by atoms with Gasteiger partial charge in [-0.25, -0.2) is 0 Å². The maximum absolute atomic E-state index is 13.1. The van der Waals surface area contributed by atoms with Crippen molar-refractivity contribution < 1.29 is 50.0 Å². The maximum Gasteiger partial charge on any atom is 0.249 e. The first-order valence-electron chi connectivity index (χ1n) is 29.4. The summed E-state index contributed by atoms with van der Waals surface area (Å²) in [5.74, 6) is -0.706. The lowest BCUT2D eigenvalue weighted by Gasteiger charge is -2.40. The largest absolute Gasteiger partial charge is 0.394 e. The second-order valence-electron chi connectivity index (χ2n) is 20.7. The number of carbonyl (C=O) groups excluding carboxylic acids is 1. The smallest absolute Gasteiger partial charge is 0.249 e. The van der Waals surface area contributed by atoms with E-state index in [1.165, 1.54) is 180 Å². The molecule has 70 heavy (non-hydrogen) atoms. The third-order valence-corrected chi connectivity index (χ3v) is 14.2. The van der Waals surface area contributed by atoms with Gasteiger partial charge in [0.25, 0.3) is 0 Å². The fourth-order valence-electron chi connectivity index (χ4n) is 9.36. The summed E-state index contributed by atoms with van der Waals surface area (Å²) >= 11 is 0. The van der Waals surface area contributed by atoms with Gasteiger partial charge < -0.3 is 50.5 Å². The van der Waals surface area contributed by atoms with Crippen molar-refractivity contribution in [3.05, 3.63) is 36.5 Å². The number of amides is 1. The molecular formula is C59H111NO10. The van der Waals surface area contributed by atoms with Crippen LogP contribution in [0.4, 0.5) is 0 Å². The highest BCUT2D eigenvalue weighted by atomic mass is 16.7. The average Bonchev–Trinajstić information content (AvgIpc) is 3.36. The molecule has 11 nitrogen and oxygen atoms in total. The van der Waals surface area contributed by atoms with Gasteiger partial charge in [0, 0.05) is 0 Å². The molecule has 9 unspecified atom stereocenters. The van der Waals surface area contributed by atoms with E-state index in [-0.39, 0.29) is 12.8 Å². The van der Waals surface area contributed by atoms with Gasteiger partial charge in [0.05, 0.1) is 25.4 Å². The van der Waals surface area contributed by atoms with Crippen LogP contribution in [0.3, 0.4) is 0 Å². The van der Waals surface area contributed by atoms with E-state index in [2.05, 4.69) is 55.6 Å². The second kappa shape index (κ2) is 48.3. The highest BCUT2D eigenvalue weighted by molar-refractivity contribution is 5.80. The predicted octanol–water partition coefficient (Wildman–Crippen LogP) is 12.3. The molecule has 0 aromatic carbocycles. The summed E-state index contributed by atoms with van der Waals surface area (Å²) in [4.78, 5) is 13.1. The molecule has 1 amide bonds. The Bertz CT molecular complexity index is 1230. The number of carbonyl (C=O) groups is 1. The molecule has 1 aliphatic rings. The summed E-state index contributed by atoms with van der Waals surface area (Å²) in [5, 5.41) is 75.8. The van der Waals surface area contributed by atoms with Crippen molar-refractivity contribution in [2.45, 2.75) is 319 Å². The van der Waals surface area contributed by atoms with E-state index in [1.807, 2.05) is 0 Å². The van der Waals surface area contributed by atoms with E-state index in [0.717, 1.165) is 44.9 Å². The maximum atomic E-state index is 13.1. The number of allylic oxidation sites excluding steroid dienone is 6. The van der Waals surface area contributed by atoms with Crippen LogP contribution in [0.2, 0.25) is 0 Å². The molecule has 1 rings (SSSR count). The number of rotatable bonds is 50. The summed E-state index contributed by atoms with van der Waals surface area (Å²) in [7, 11) is 0. The van der Waals surface area contributed by atoms with Gasteiger partial charge in [0.2, 0.25) is 5.91 Å². The second-order valence-corrected chi connectivity index (χ2v) is 20.7. The fourth-order valence-corrected chi connectivity index (χ4v) is 9.36. The third kappa shape index (κ3) is 36.3. The molecule has 1 heterocycles. The molecule has 0 spiro atoms. The zero-order chi connectivity index (χ0) is 51.1. The van der Waals surface area contributed by atoms with Crippen molar-refractivity contribution >= 4 is 5.91 Å². The van der Waals surface area contributed by atoms with Crippen LogP contribution in [-0.2, 0) is 14.3 Å². The quantitative estimate of drug-likeness (QED) is 0.0215. The number of ether oxygens (including phenoxy) is 2. The van der Waals surface area contributed by atoms with Crippen LogP contribution in [0, 0.1) is 0 Å². The summed E-state index contributed by atoms with van der Waals surface area (Å²) in [5.41, 5.74) is 0. The van der Waals surface area contributed by atoms with Crippen LogP contribution in [0.15, 0.2) is 36.5 Å². The monoisotopic (exact) mass is 994 g/mol. The molecule has 9 atom stereocenters. The molecule has 0 aliphatic carbocycles. The Morgan fingerprint density at radius 1 is 0.500 bits per heavy atom. The minimum atomic E-state index is -1.67. The Balaban J connectivity index is 2.19. The van der Waals surface area contributed by atoms with Crippen LogP contribution >= 0.6 is 0 Å². The molecule has 1 saturated heterocycles. The molecule has 0 aromatic heterocycles. The van der Waals surface area contributed by atoms with Crippen LogP contribution in [0.5, 0.6) is 0 Å². The van der Waals surface area contributed by atoms with Gasteiger partial charge in [-0.3, -0.25) is 4.79 Å². The molecule has 1 aliphatic heterocycles. The minimum absolute atomic E-state index is 0.255. The number of aliphatic hydroxyl groups is 7. The number of hydrogen-bond acceptors (Lipinski definition) is 10. The van der Waals surface area contributed by atoms with Crippen molar-refractivity contribution in [3.63, 3.8) is 0 Å². The van der Waals surface area contributed by atoms with Crippen molar-refractivity contribution in [1.29, 1.82) is 0 Å². The summed E-state index contributed by atoms with van der Waals surface area (Å²) < 4.78 is 11.1. The highest BCUT2D eigenvalue weighted by Crippen LogP contribution is 2.23. The van der Waals surface area contributed by atoms with E-state index >= 15 is 0 Å². The lowest BCUT2D eigenvalue weighted by Crippen LogP contribution is -2.60. The summed E-state index contributed by atoms with van der Waals surface area (Å²) in [6, 6.07) is -1.18. The van der Waals surface area contributed by atoms with E-state index in [9.17, 15) is 40.5 Å². The molecular weight excluding hydrogens is 883 g/mol. The van der Waals surface area contributed by atoms with E-state index in [4.69, 9.17) is 9.47 Å². The van der Waals surface area contributed by atoms with Gasteiger partial charge in [-0.1, -0.05) is 230 Å². The first-order chi connectivity index (χ1) is 34.2. The van der Waals surface area contributed by atoms with Gasteiger partial charge in [-0.15, -0.1) is 0 Å². The van der Waals surface area contributed by atoms with Crippen molar-refractivity contribution in [2.24, 2.45) is 0 Å². The molecule has 0 aromatic rings. The Kier molecular flexibility index (Phi) is 45.8. The molecule has 8 N–H and O–H groups in total. The van der Waals surface area contributed by atoms with Crippen molar-refractivity contribution in [1.82, 2.24) is 5.32 Å². The lowest BCUT2D eigenvalue weighted by atomic mass is 9.98. The van der Waals surface area contributed by atoms with Gasteiger partial charge in [-0.2, -0.15) is 0 Å². The molecule has 0 radical (unpaired) electrons. The predicted molar refractivity (Wildman–Crippen MR) is 289 cm³/mol. The number of hydrogen-bond donors (Lipinski definition) is 8. The van der Waals surface area contributed by atoms with Gasteiger partial charge in [-0.05, 0) is 70.6 Å². The Morgan fingerprint density at radius 3 is 1.31 bits per heavy atom. The van der Waals surface area contributed by atoms with Crippen molar-refractivity contribution in [2.75, 3.05) is 13.2 Å². The third-order valence-electron chi connectivity index (χ3n) is 14.2. The molecule has 11 heteroatoms. The van der Waals surface area contributed by atoms with Crippen molar-refractivity contribution in [3.8, 4) is 0 Å². The van der Waals surface area contributed by atoms with Crippen LogP contribution in [-0.4, -0.2) is 110 Å². The Labute approximate surface area is 428 Å².